The highest BCUT2D eigenvalue weighted by atomic mass is 79.9. The SMILES string of the molecule is C[C@H](O)c1ccc(Br)cc1OCCO. The molecule has 78 valence electrons. The molecule has 4 heteroatoms. The third-order valence-corrected chi connectivity index (χ3v) is 2.27. The molecular weight excluding hydrogens is 248 g/mol. The summed E-state index contributed by atoms with van der Waals surface area (Å²) in [4.78, 5) is 0. The lowest BCUT2D eigenvalue weighted by molar-refractivity contribution is 0.177. The molecule has 0 spiro atoms. The largest absolute Gasteiger partial charge is 0.491 e. The van der Waals surface area contributed by atoms with Gasteiger partial charge in [-0.3, -0.25) is 0 Å². The Bertz CT molecular complexity index is 299. The van der Waals surface area contributed by atoms with Gasteiger partial charge >= 0.3 is 0 Å². The summed E-state index contributed by atoms with van der Waals surface area (Å²) in [7, 11) is 0. The molecular formula is C10H13BrO3. The van der Waals surface area contributed by atoms with Gasteiger partial charge in [0.15, 0.2) is 0 Å². The molecule has 0 aliphatic rings. The summed E-state index contributed by atoms with van der Waals surface area (Å²) < 4.78 is 6.17. The number of halogens is 1. The van der Waals surface area contributed by atoms with Crippen molar-refractivity contribution in [3.63, 3.8) is 0 Å². The minimum absolute atomic E-state index is 0.0359. The van der Waals surface area contributed by atoms with Gasteiger partial charge in [-0.25, -0.2) is 0 Å². The van der Waals surface area contributed by atoms with Crippen molar-refractivity contribution in [2.24, 2.45) is 0 Å². The quantitative estimate of drug-likeness (QED) is 0.869. The third-order valence-electron chi connectivity index (χ3n) is 1.77. The number of aliphatic hydroxyl groups is 2. The Morgan fingerprint density at radius 2 is 2.21 bits per heavy atom. The second-order valence-electron chi connectivity index (χ2n) is 2.93. The van der Waals surface area contributed by atoms with Crippen LogP contribution in [0.15, 0.2) is 22.7 Å². The number of ether oxygens (including phenoxy) is 1. The van der Waals surface area contributed by atoms with Crippen LogP contribution in [0.2, 0.25) is 0 Å². The van der Waals surface area contributed by atoms with Crippen LogP contribution in [-0.2, 0) is 0 Å². The highest BCUT2D eigenvalue weighted by Gasteiger charge is 2.09. The maximum atomic E-state index is 9.44. The van der Waals surface area contributed by atoms with Gasteiger partial charge in [0.05, 0.1) is 12.7 Å². The van der Waals surface area contributed by atoms with Gasteiger partial charge in [-0.2, -0.15) is 0 Å². The topological polar surface area (TPSA) is 49.7 Å². The second-order valence-corrected chi connectivity index (χ2v) is 3.85. The highest BCUT2D eigenvalue weighted by Crippen LogP contribution is 2.28. The first-order chi connectivity index (χ1) is 6.65. The molecule has 1 rings (SSSR count). The fourth-order valence-electron chi connectivity index (χ4n) is 1.13. The second kappa shape index (κ2) is 5.34. The van der Waals surface area contributed by atoms with Crippen molar-refractivity contribution in [1.82, 2.24) is 0 Å². The molecule has 2 N–H and O–H groups in total. The van der Waals surface area contributed by atoms with Gasteiger partial charge in [0.1, 0.15) is 12.4 Å². The van der Waals surface area contributed by atoms with E-state index in [4.69, 9.17) is 9.84 Å². The number of hydrogen-bond donors (Lipinski definition) is 2. The summed E-state index contributed by atoms with van der Waals surface area (Å²) in [5, 5.41) is 18.1. The Labute approximate surface area is 91.5 Å². The third kappa shape index (κ3) is 2.97. The average molecular weight is 261 g/mol. The minimum Gasteiger partial charge on any atom is -0.491 e. The summed E-state index contributed by atoms with van der Waals surface area (Å²) in [5.74, 6) is 0.600. The molecule has 0 radical (unpaired) electrons. The van der Waals surface area contributed by atoms with Gasteiger partial charge in [0.25, 0.3) is 0 Å². The first-order valence-electron chi connectivity index (χ1n) is 4.36. The Kier molecular flexibility index (Phi) is 4.38. The van der Waals surface area contributed by atoms with Crippen LogP contribution < -0.4 is 4.74 Å². The Morgan fingerprint density at radius 3 is 2.79 bits per heavy atom. The summed E-state index contributed by atoms with van der Waals surface area (Å²) >= 11 is 3.31. The van der Waals surface area contributed by atoms with Crippen LogP contribution in [0.5, 0.6) is 5.75 Å². The molecule has 1 aromatic carbocycles. The van der Waals surface area contributed by atoms with E-state index in [0.717, 1.165) is 10.0 Å². The molecule has 0 fully saturated rings. The van der Waals surface area contributed by atoms with E-state index >= 15 is 0 Å². The zero-order chi connectivity index (χ0) is 10.6. The van der Waals surface area contributed by atoms with Crippen molar-refractivity contribution in [2.75, 3.05) is 13.2 Å². The predicted octanol–water partition coefficient (Wildman–Crippen LogP) is 1.87. The smallest absolute Gasteiger partial charge is 0.126 e. The average Bonchev–Trinajstić information content (AvgIpc) is 2.14. The van der Waals surface area contributed by atoms with Gasteiger partial charge in [0.2, 0.25) is 0 Å². The normalized spacial score (nSPS) is 12.6. The van der Waals surface area contributed by atoms with Gasteiger partial charge in [-0.1, -0.05) is 22.0 Å². The maximum Gasteiger partial charge on any atom is 0.126 e. The van der Waals surface area contributed by atoms with Gasteiger partial charge in [-0.15, -0.1) is 0 Å². The monoisotopic (exact) mass is 260 g/mol. The van der Waals surface area contributed by atoms with Crippen LogP contribution in [0, 0.1) is 0 Å². The van der Waals surface area contributed by atoms with E-state index < -0.39 is 6.10 Å². The van der Waals surface area contributed by atoms with Crippen molar-refractivity contribution in [3.8, 4) is 5.75 Å². The highest BCUT2D eigenvalue weighted by molar-refractivity contribution is 9.10. The molecule has 0 aromatic heterocycles. The molecule has 0 amide bonds. The molecule has 3 nitrogen and oxygen atoms in total. The van der Waals surface area contributed by atoms with Crippen LogP contribution >= 0.6 is 15.9 Å². The summed E-state index contributed by atoms with van der Waals surface area (Å²) in [5.41, 5.74) is 0.724. The molecule has 0 saturated heterocycles. The molecule has 0 bridgehead atoms. The molecule has 0 unspecified atom stereocenters. The Balaban J connectivity index is 2.91. The zero-order valence-corrected chi connectivity index (χ0v) is 9.49. The lowest BCUT2D eigenvalue weighted by atomic mass is 10.1. The molecule has 0 saturated carbocycles. The molecule has 0 aliphatic heterocycles. The molecule has 1 atom stereocenters. The number of aliphatic hydroxyl groups excluding tert-OH is 2. The van der Waals surface area contributed by atoms with Crippen LogP contribution in [-0.4, -0.2) is 23.4 Å². The van der Waals surface area contributed by atoms with E-state index in [0.29, 0.717) is 5.75 Å². The minimum atomic E-state index is -0.572. The van der Waals surface area contributed by atoms with Gasteiger partial charge in [0, 0.05) is 10.0 Å². The van der Waals surface area contributed by atoms with Crippen LogP contribution in [0.3, 0.4) is 0 Å². The standard InChI is InChI=1S/C10H13BrO3/c1-7(13)9-3-2-8(11)6-10(9)14-5-4-12/h2-3,6-7,12-13H,4-5H2,1H3/t7-/m0/s1. The molecule has 1 aromatic rings. The summed E-state index contributed by atoms with van der Waals surface area (Å²) in [6.07, 6.45) is -0.572. The van der Waals surface area contributed by atoms with Crippen LogP contribution in [0.1, 0.15) is 18.6 Å². The first kappa shape index (κ1) is 11.5. The van der Waals surface area contributed by atoms with E-state index in [9.17, 15) is 5.11 Å². The fourth-order valence-corrected chi connectivity index (χ4v) is 1.47. The predicted molar refractivity (Wildman–Crippen MR) is 57.4 cm³/mol. The Hall–Kier alpha value is -0.580. The van der Waals surface area contributed by atoms with E-state index in [-0.39, 0.29) is 13.2 Å². The van der Waals surface area contributed by atoms with Crippen molar-refractivity contribution in [1.29, 1.82) is 0 Å². The van der Waals surface area contributed by atoms with E-state index in [1.807, 2.05) is 6.07 Å². The van der Waals surface area contributed by atoms with E-state index in [1.54, 1.807) is 19.1 Å². The first-order valence-corrected chi connectivity index (χ1v) is 5.15. The fraction of sp³-hybridized carbons (Fsp3) is 0.400. The van der Waals surface area contributed by atoms with Crippen molar-refractivity contribution >= 4 is 15.9 Å². The van der Waals surface area contributed by atoms with E-state index in [2.05, 4.69) is 15.9 Å². The number of rotatable bonds is 4. The van der Waals surface area contributed by atoms with E-state index in [1.165, 1.54) is 0 Å². The van der Waals surface area contributed by atoms with Crippen molar-refractivity contribution in [3.05, 3.63) is 28.2 Å². The van der Waals surface area contributed by atoms with Crippen LogP contribution in [0.4, 0.5) is 0 Å². The summed E-state index contributed by atoms with van der Waals surface area (Å²) in [6, 6.07) is 5.41. The number of hydrogen-bond acceptors (Lipinski definition) is 3. The molecule has 0 aliphatic carbocycles. The maximum absolute atomic E-state index is 9.44. The van der Waals surface area contributed by atoms with Gasteiger partial charge in [-0.05, 0) is 19.1 Å². The van der Waals surface area contributed by atoms with Crippen molar-refractivity contribution < 1.29 is 14.9 Å². The van der Waals surface area contributed by atoms with Crippen molar-refractivity contribution in [2.45, 2.75) is 13.0 Å². The van der Waals surface area contributed by atoms with Crippen LogP contribution in [0.25, 0.3) is 0 Å². The molecule has 0 heterocycles. The summed E-state index contributed by atoms with van der Waals surface area (Å²) in [6.45, 7) is 1.87. The lowest BCUT2D eigenvalue weighted by Gasteiger charge is -2.12. The number of benzene rings is 1. The zero-order valence-electron chi connectivity index (χ0n) is 7.90. The van der Waals surface area contributed by atoms with Gasteiger partial charge < -0.3 is 14.9 Å². The molecule has 14 heavy (non-hydrogen) atoms. The Morgan fingerprint density at radius 1 is 1.50 bits per heavy atom. The lowest BCUT2D eigenvalue weighted by Crippen LogP contribution is -2.05.